The summed E-state index contributed by atoms with van der Waals surface area (Å²) in [5.74, 6) is -0.0200. The van der Waals surface area contributed by atoms with Gasteiger partial charge in [-0.2, -0.15) is 0 Å². The van der Waals surface area contributed by atoms with Crippen molar-refractivity contribution in [3.8, 4) is 0 Å². The molecular formula is C16H26N2O2S. The molecule has 1 aromatic rings. The second-order valence-electron chi connectivity index (χ2n) is 6.09. The number of nitrogens with zero attached hydrogens (tertiary/aromatic N) is 1. The highest BCUT2D eigenvalue weighted by Crippen LogP contribution is 2.34. The number of hydrogen-bond donors (Lipinski definition) is 2. The SMILES string of the molecule is CC[C@H](C)[C@H](NCc1csc(C2CCCCC2)n1)C(=O)O. The molecule has 21 heavy (non-hydrogen) atoms. The lowest BCUT2D eigenvalue weighted by Crippen LogP contribution is -2.41. The summed E-state index contributed by atoms with van der Waals surface area (Å²) in [6, 6.07) is -0.491. The van der Waals surface area contributed by atoms with Crippen LogP contribution in [0, 0.1) is 5.92 Å². The van der Waals surface area contributed by atoms with Crippen molar-refractivity contribution in [1.29, 1.82) is 0 Å². The average molecular weight is 310 g/mol. The predicted octanol–water partition coefficient (Wildman–Crippen LogP) is 3.78. The third-order valence-electron chi connectivity index (χ3n) is 4.51. The Morgan fingerprint density at radius 2 is 2.19 bits per heavy atom. The molecule has 2 N–H and O–H groups in total. The molecule has 0 saturated heterocycles. The zero-order chi connectivity index (χ0) is 15.2. The quantitative estimate of drug-likeness (QED) is 0.804. The molecule has 0 aliphatic heterocycles. The molecule has 1 aromatic heterocycles. The van der Waals surface area contributed by atoms with Gasteiger partial charge in [0.25, 0.3) is 0 Å². The number of carbonyl (C=O) groups is 1. The molecule has 1 aliphatic carbocycles. The zero-order valence-corrected chi connectivity index (χ0v) is 13.8. The Bertz CT molecular complexity index is 455. The Balaban J connectivity index is 1.91. The largest absolute Gasteiger partial charge is 0.480 e. The Kier molecular flexibility index (Phi) is 6.18. The lowest BCUT2D eigenvalue weighted by molar-refractivity contribution is -0.140. The van der Waals surface area contributed by atoms with Crippen LogP contribution < -0.4 is 5.32 Å². The van der Waals surface area contributed by atoms with Gasteiger partial charge in [0.05, 0.1) is 10.7 Å². The number of nitrogens with one attached hydrogen (secondary N) is 1. The maximum absolute atomic E-state index is 11.3. The van der Waals surface area contributed by atoms with Crippen LogP contribution in [0.15, 0.2) is 5.38 Å². The molecule has 5 heteroatoms. The van der Waals surface area contributed by atoms with Crippen molar-refractivity contribution in [2.45, 2.75) is 70.9 Å². The molecule has 1 aliphatic rings. The summed E-state index contributed by atoms with van der Waals surface area (Å²) in [7, 11) is 0. The van der Waals surface area contributed by atoms with Crippen molar-refractivity contribution in [3.05, 3.63) is 16.1 Å². The highest BCUT2D eigenvalue weighted by atomic mass is 32.1. The number of thiazole rings is 1. The average Bonchev–Trinajstić information content (AvgIpc) is 2.96. The van der Waals surface area contributed by atoms with Gasteiger partial charge in [-0.25, -0.2) is 4.98 Å². The molecule has 1 heterocycles. The van der Waals surface area contributed by atoms with Gasteiger partial charge in [-0.1, -0.05) is 39.5 Å². The van der Waals surface area contributed by atoms with Crippen LogP contribution in [0.2, 0.25) is 0 Å². The van der Waals surface area contributed by atoms with Crippen LogP contribution >= 0.6 is 11.3 Å². The fourth-order valence-electron chi connectivity index (χ4n) is 2.92. The third-order valence-corrected chi connectivity index (χ3v) is 5.56. The maximum Gasteiger partial charge on any atom is 0.320 e. The van der Waals surface area contributed by atoms with E-state index in [0.29, 0.717) is 12.5 Å². The molecule has 2 atom stereocenters. The highest BCUT2D eigenvalue weighted by Gasteiger charge is 2.23. The van der Waals surface area contributed by atoms with Crippen LogP contribution in [0.4, 0.5) is 0 Å². The standard InChI is InChI=1S/C16H26N2O2S/c1-3-11(2)14(16(19)20)17-9-13-10-21-15(18-13)12-7-5-4-6-8-12/h10-12,14,17H,3-9H2,1-2H3,(H,19,20)/t11-,14-/m0/s1. The smallest absolute Gasteiger partial charge is 0.320 e. The van der Waals surface area contributed by atoms with E-state index in [9.17, 15) is 9.90 Å². The van der Waals surface area contributed by atoms with Gasteiger partial charge in [-0.05, 0) is 18.8 Å². The van der Waals surface area contributed by atoms with E-state index < -0.39 is 12.0 Å². The predicted molar refractivity (Wildman–Crippen MR) is 85.7 cm³/mol. The molecule has 0 bridgehead atoms. The minimum Gasteiger partial charge on any atom is -0.480 e. The fraction of sp³-hybridized carbons (Fsp3) is 0.750. The molecule has 0 aromatic carbocycles. The maximum atomic E-state index is 11.3. The first kappa shape index (κ1) is 16.4. The Labute approximate surface area is 131 Å². The molecular weight excluding hydrogens is 284 g/mol. The zero-order valence-electron chi connectivity index (χ0n) is 13.0. The summed E-state index contributed by atoms with van der Waals surface area (Å²) in [4.78, 5) is 16.0. The summed E-state index contributed by atoms with van der Waals surface area (Å²) in [6.07, 6.45) is 7.34. The van der Waals surface area contributed by atoms with Crippen molar-refractivity contribution < 1.29 is 9.90 Å². The second kappa shape index (κ2) is 7.90. The van der Waals surface area contributed by atoms with E-state index in [1.807, 2.05) is 13.8 Å². The van der Waals surface area contributed by atoms with E-state index in [2.05, 4.69) is 10.7 Å². The van der Waals surface area contributed by atoms with Crippen molar-refractivity contribution in [3.63, 3.8) is 0 Å². The van der Waals surface area contributed by atoms with Crippen LogP contribution in [-0.4, -0.2) is 22.1 Å². The van der Waals surface area contributed by atoms with E-state index in [1.54, 1.807) is 11.3 Å². The molecule has 0 radical (unpaired) electrons. The van der Waals surface area contributed by atoms with E-state index in [1.165, 1.54) is 37.1 Å². The first-order valence-corrected chi connectivity index (χ1v) is 8.90. The number of aliphatic carboxylic acids is 1. The molecule has 0 unspecified atom stereocenters. The number of hydrogen-bond acceptors (Lipinski definition) is 4. The Hall–Kier alpha value is -0.940. The van der Waals surface area contributed by atoms with Crippen LogP contribution in [-0.2, 0) is 11.3 Å². The van der Waals surface area contributed by atoms with Crippen molar-refractivity contribution >= 4 is 17.3 Å². The van der Waals surface area contributed by atoms with E-state index in [-0.39, 0.29) is 5.92 Å². The number of aromatic nitrogens is 1. The van der Waals surface area contributed by atoms with E-state index in [0.717, 1.165) is 12.1 Å². The molecule has 2 rings (SSSR count). The molecule has 4 nitrogen and oxygen atoms in total. The summed E-state index contributed by atoms with van der Waals surface area (Å²) in [5, 5.41) is 15.7. The normalized spacial score (nSPS) is 19.3. The van der Waals surface area contributed by atoms with Gasteiger partial charge in [0.1, 0.15) is 6.04 Å². The Morgan fingerprint density at radius 3 is 2.81 bits per heavy atom. The summed E-state index contributed by atoms with van der Waals surface area (Å²) in [5.41, 5.74) is 0.982. The summed E-state index contributed by atoms with van der Waals surface area (Å²) < 4.78 is 0. The molecule has 1 saturated carbocycles. The van der Waals surface area contributed by atoms with Crippen LogP contribution in [0.1, 0.15) is 69.0 Å². The van der Waals surface area contributed by atoms with Crippen LogP contribution in [0.3, 0.4) is 0 Å². The first-order chi connectivity index (χ1) is 10.1. The lowest BCUT2D eigenvalue weighted by atomic mass is 9.90. The Morgan fingerprint density at radius 1 is 1.48 bits per heavy atom. The van der Waals surface area contributed by atoms with Crippen molar-refractivity contribution in [2.24, 2.45) is 5.92 Å². The highest BCUT2D eigenvalue weighted by molar-refractivity contribution is 7.09. The van der Waals surface area contributed by atoms with Gasteiger partial charge in [0, 0.05) is 17.8 Å². The van der Waals surface area contributed by atoms with Gasteiger partial charge < -0.3 is 5.11 Å². The summed E-state index contributed by atoms with van der Waals surface area (Å²) in [6.45, 7) is 4.54. The second-order valence-corrected chi connectivity index (χ2v) is 6.98. The molecule has 1 fully saturated rings. The molecule has 118 valence electrons. The molecule has 0 spiro atoms. The van der Waals surface area contributed by atoms with Crippen LogP contribution in [0.25, 0.3) is 0 Å². The number of rotatable bonds is 7. The van der Waals surface area contributed by atoms with Crippen LogP contribution in [0.5, 0.6) is 0 Å². The third kappa shape index (κ3) is 4.51. The topological polar surface area (TPSA) is 62.2 Å². The van der Waals surface area contributed by atoms with E-state index in [4.69, 9.17) is 4.98 Å². The molecule has 0 amide bonds. The van der Waals surface area contributed by atoms with Crippen molar-refractivity contribution in [1.82, 2.24) is 10.3 Å². The fourth-order valence-corrected chi connectivity index (χ4v) is 3.91. The van der Waals surface area contributed by atoms with Gasteiger partial charge >= 0.3 is 5.97 Å². The van der Waals surface area contributed by atoms with Gasteiger partial charge in [0.2, 0.25) is 0 Å². The van der Waals surface area contributed by atoms with Gasteiger partial charge in [-0.15, -0.1) is 11.3 Å². The van der Waals surface area contributed by atoms with Gasteiger partial charge in [0.15, 0.2) is 0 Å². The minimum absolute atomic E-state index is 0.124. The monoisotopic (exact) mass is 310 g/mol. The van der Waals surface area contributed by atoms with E-state index >= 15 is 0 Å². The minimum atomic E-state index is -0.771. The lowest BCUT2D eigenvalue weighted by Gasteiger charge is -2.20. The number of carboxylic acids is 1. The van der Waals surface area contributed by atoms with Gasteiger partial charge in [-0.3, -0.25) is 10.1 Å². The van der Waals surface area contributed by atoms with Crippen molar-refractivity contribution in [2.75, 3.05) is 0 Å². The summed E-state index contributed by atoms with van der Waals surface area (Å²) >= 11 is 1.73. The first-order valence-electron chi connectivity index (χ1n) is 8.02. The number of carboxylic acid groups (broad SMARTS) is 1.